The van der Waals surface area contributed by atoms with Gasteiger partial charge in [0.25, 0.3) is 5.91 Å². The number of carbonyl (C=O) groups excluding carboxylic acids is 3. The molecule has 1 atom stereocenters. The van der Waals surface area contributed by atoms with E-state index in [0.29, 0.717) is 15.8 Å². The van der Waals surface area contributed by atoms with Gasteiger partial charge in [-0.3, -0.25) is 9.59 Å². The van der Waals surface area contributed by atoms with E-state index >= 15 is 0 Å². The van der Waals surface area contributed by atoms with Crippen LogP contribution in [0.2, 0.25) is 0 Å². The van der Waals surface area contributed by atoms with Gasteiger partial charge in [0.15, 0.2) is 0 Å². The van der Waals surface area contributed by atoms with Crippen LogP contribution >= 0.6 is 15.9 Å². The molecule has 0 unspecified atom stereocenters. The van der Waals surface area contributed by atoms with Crippen LogP contribution in [-0.2, 0) is 19.1 Å². The third kappa shape index (κ3) is 5.55. The lowest BCUT2D eigenvalue weighted by Gasteiger charge is -2.16. The van der Waals surface area contributed by atoms with E-state index in [9.17, 15) is 14.4 Å². The molecule has 7 nitrogen and oxygen atoms in total. The summed E-state index contributed by atoms with van der Waals surface area (Å²) in [5.74, 6) is -1.09. The Hall–Kier alpha value is -2.09. The van der Waals surface area contributed by atoms with Crippen molar-refractivity contribution >= 4 is 33.8 Å². The van der Waals surface area contributed by atoms with Gasteiger partial charge in [-0.15, -0.1) is 0 Å². The zero-order chi connectivity index (χ0) is 17.4. The molecule has 0 aliphatic heterocycles. The Balaban J connectivity index is 2.83. The predicted octanol–water partition coefficient (Wildman–Crippen LogP) is 1.68. The summed E-state index contributed by atoms with van der Waals surface area (Å²) in [4.78, 5) is 35.2. The summed E-state index contributed by atoms with van der Waals surface area (Å²) >= 11 is 3.29. The highest BCUT2D eigenvalue weighted by molar-refractivity contribution is 9.10. The normalized spacial score (nSPS) is 11.3. The summed E-state index contributed by atoms with van der Waals surface area (Å²) in [7, 11) is 3.94. The minimum atomic E-state index is -0.943. The zero-order valence-corrected chi connectivity index (χ0v) is 14.6. The number of esters is 2. The number of amides is 1. The Labute approximate surface area is 142 Å². The van der Waals surface area contributed by atoms with Gasteiger partial charge in [-0.2, -0.15) is 0 Å². The fourth-order valence-electron chi connectivity index (χ4n) is 1.80. The molecule has 0 saturated carbocycles. The first-order valence-electron chi connectivity index (χ1n) is 6.72. The number of hydrogen-bond donors (Lipinski definition) is 1. The van der Waals surface area contributed by atoms with Crippen molar-refractivity contribution in [2.24, 2.45) is 0 Å². The van der Waals surface area contributed by atoms with Crippen LogP contribution in [0.4, 0.5) is 0 Å². The van der Waals surface area contributed by atoms with Gasteiger partial charge in [-0.05, 0) is 40.5 Å². The topological polar surface area (TPSA) is 90.9 Å². The minimum absolute atomic E-state index is 0.0137. The van der Waals surface area contributed by atoms with Crippen molar-refractivity contribution in [2.75, 3.05) is 21.3 Å². The Morgan fingerprint density at radius 3 is 2.43 bits per heavy atom. The van der Waals surface area contributed by atoms with E-state index in [2.05, 4.69) is 30.7 Å². The van der Waals surface area contributed by atoms with E-state index in [0.717, 1.165) is 0 Å². The molecule has 0 saturated heterocycles. The second-order valence-corrected chi connectivity index (χ2v) is 5.37. The van der Waals surface area contributed by atoms with Crippen molar-refractivity contribution in [3.63, 3.8) is 0 Å². The van der Waals surface area contributed by atoms with E-state index < -0.39 is 23.9 Å². The van der Waals surface area contributed by atoms with Crippen molar-refractivity contribution in [3.05, 3.63) is 28.2 Å². The van der Waals surface area contributed by atoms with E-state index in [1.165, 1.54) is 27.4 Å². The third-order valence-electron chi connectivity index (χ3n) is 3.07. The number of ether oxygens (including phenoxy) is 3. The van der Waals surface area contributed by atoms with Crippen molar-refractivity contribution in [1.29, 1.82) is 0 Å². The van der Waals surface area contributed by atoms with Gasteiger partial charge in [-0.25, -0.2) is 4.79 Å². The fraction of sp³-hybridized carbons (Fsp3) is 0.400. The van der Waals surface area contributed by atoms with Crippen LogP contribution in [0.15, 0.2) is 22.7 Å². The number of benzene rings is 1. The molecule has 126 valence electrons. The molecular weight excluding hydrogens is 370 g/mol. The van der Waals surface area contributed by atoms with Crippen LogP contribution in [0, 0.1) is 0 Å². The molecule has 0 radical (unpaired) electrons. The van der Waals surface area contributed by atoms with E-state index in [-0.39, 0.29) is 12.8 Å². The smallest absolute Gasteiger partial charge is 0.328 e. The highest BCUT2D eigenvalue weighted by Crippen LogP contribution is 2.25. The molecule has 23 heavy (non-hydrogen) atoms. The molecule has 1 aromatic carbocycles. The van der Waals surface area contributed by atoms with Crippen LogP contribution in [0.3, 0.4) is 0 Å². The van der Waals surface area contributed by atoms with Gasteiger partial charge in [-0.1, -0.05) is 0 Å². The molecule has 0 spiro atoms. The maximum absolute atomic E-state index is 12.3. The van der Waals surface area contributed by atoms with Crippen LogP contribution in [0.25, 0.3) is 0 Å². The average molecular weight is 388 g/mol. The van der Waals surface area contributed by atoms with E-state index in [1.807, 2.05) is 0 Å². The molecule has 1 amide bonds. The van der Waals surface area contributed by atoms with Gasteiger partial charge in [0.1, 0.15) is 11.8 Å². The first-order chi connectivity index (χ1) is 10.9. The monoisotopic (exact) mass is 387 g/mol. The molecule has 1 aromatic rings. The van der Waals surface area contributed by atoms with E-state index in [1.54, 1.807) is 12.1 Å². The molecule has 0 aliphatic rings. The van der Waals surface area contributed by atoms with Crippen LogP contribution in [0.1, 0.15) is 23.2 Å². The molecule has 0 bridgehead atoms. The second kappa shape index (κ2) is 9.14. The highest BCUT2D eigenvalue weighted by Gasteiger charge is 2.23. The van der Waals surface area contributed by atoms with Crippen LogP contribution in [-0.4, -0.2) is 45.2 Å². The van der Waals surface area contributed by atoms with Crippen molar-refractivity contribution in [3.8, 4) is 5.75 Å². The molecule has 0 fully saturated rings. The summed E-state index contributed by atoms with van der Waals surface area (Å²) in [6.45, 7) is 0. The Morgan fingerprint density at radius 1 is 1.17 bits per heavy atom. The molecule has 0 heterocycles. The summed E-state index contributed by atoms with van der Waals surface area (Å²) in [5, 5.41) is 2.54. The SMILES string of the molecule is COC(=O)CC[C@H](NC(=O)c1ccc(Br)c(OC)c1)C(=O)OC. The Kier molecular flexibility index (Phi) is 7.53. The zero-order valence-electron chi connectivity index (χ0n) is 13.1. The average Bonchev–Trinajstić information content (AvgIpc) is 2.57. The molecule has 1 N–H and O–H groups in total. The predicted molar refractivity (Wildman–Crippen MR) is 85.2 cm³/mol. The molecule has 1 rings (SSSR count). The first-order valence-corrected chi connectivity index (χ1v) is 7.51. The number of rotatable bonds is 7. The van der Waals surface area contributed by atoms with Gasteiger partial charge in [0.2, 0.25) is 0 Å². The van der Waals surface area contributed by atoms with Gasteiger partial charge < -0.3 is 19.5 Å². The largest absolute Gasteiger partial charge is 0.496 e. The van der Waals surface area contributed by atoms with Gasteiger partial charge in [0, 0.05) is 12.0 Å². The highest BCUT2D eigenvalue weighted by atomic mass is 79.9. The Bertz CT molecular complexity index is 589. The number of hydrogen-bond acceptors (Lipinski definition) is 6. The van der Waals surface area contributed by atoms with Crippen molar-refractivity contribution in [2.45, 2.75) is 18.9 Å². The molecule has 0 aliphatic carbocycles. The van der Waals surface area contributed by atoms with Gasteiger partial charge in [0.05, 0.1) is 25.8 Å². The lowest BCUT2D eigenvalue weighted by molar-refractivity contribution is -0.144. The molecule has 0 aromatic heterocycles. The number of carbonyl (C=O) groups is 3. The summed E-state index contributed by atoms with van der Waals surface area (Å²) in [6, 6.07) is 3.83. The maximum atomic E-state index is 12.3. The van der Waals surface area contributed by atoms with E-state index in [4.69, 9.17) is 4.74 Å². The molecular formula is C15H18BrNO6. The third-order valence-corrected chi connectivity index (χ3v) is 3.72. The standard InChI is InChI=1S/C15H18BrNO6/c1-21-12-8-9(4-5-10(12)16)14(19)17-11(15(20)23-3)6-7-13(18)22-2/h4-5,8,11H,6-7H2,1-3H3,(H,17,19)/t11-/m0/s1. The van der Waals surface area contributed by atoms with Crippen molar-refractivity contribution < 1.29 is 28.6 Å². The maximum Gasteiger partial charge on any atom is 0.328 e. The number of halogens is 1. The quantitative estimate of drug-likeness (QED) is 0.715. The lowest BCUT2D eigenvalue weighted by Crippen LogP contribution is -2.41. The fourth-order valence-corrected chi connectivity index (χ4v) is 2.21. The first kappa shape index (κ1) is 19.0. The summed E-state index contributed by atoms with van der Waals surface area (Å²) in [6.07, 6.45) is 0.0684. The summed E-state index contributed by atoms with van der Waals surface area (Å²) < 4.78 is 15.0. The lowest BCUT2D eigenvalue weighted by atomic mass is 10.1. The minimum Gasteiger partial charge on any atom is -0.496 e. The number of nitrogens with one attached hydrogen (secondary N) is 1. The van der Waals surface area contributed by atoms with Crippen LogP contribution in [0.5, 0.6) is 5.75 Å². The molecule has 8 heteroatoms. The van der Waals surface area contributed by atoms with Crippen LogP contribution < -0.4 is 10.1 Å². The van der Waals surface area contributed by atoms with Crippen molar-refractivity contribution in [1.82, 2.24) is 5.32 Å². The summed E-state index contributed by atoms with van der Waals surface area (Å²) in [5.41, 5.74) is 0.317. The Morgan fingerprint density at radius 2 is 1.87 bits per heavy atom. The second-order valence-electron chi connectivity index (χ2n) is 4.51. The van der Waals surface area contributed by atoms with Gasteiger partial charge >= 0.3 is 11.9 Å². The number of methoxy groups -OCH3 is 3.